The first-order chi connectivity index (χ1) is 18.3. The molecule has 2 aliphatic carbocycles. The summed E-state index contributed by atoms with van der Waals surface area (Å²) in [5.41, 5.74) is 1.02. The van der Waals surface area contributed by atoms with Crippen LogP contribution in [0, 0.1) is 11.8 Å². The molecule has 0 radical (unpaired) electrons. The van der Waals surface area contributed by atoms with Crippen molar-refractivity contribution in [2.75, 3.05) is 21.3 Å². The molecule has 3 aromatic rings. The summed E-state index contributed by atoms with van der Waals surface area (Å²) in [6.07, 6.45) is 0.0316. The Morgan fingerprint density at radius 2 is 1.79 bits per heavy atom. The number of ether oxygens (including phenoxy) is 5. The monoisotopic (exact) mass is 534 g/mol. The van der Waals surface area contributed by atoms with Crippen molar-refractivity contribution < 1.29 is 33.6 Å². The van der Waals surface area contributed by atoms with E-state index >= 15 is 0 Å². The Balaban J connectivity index is 1.70. The third kappa shape index (κ3) is 2.39. The molecule has 0 amide bonds. The summed E-state index contributed by atoms with van der Waals surface area (Å²) in [7, 11) is 4.67. The summed E-state index contributed by atoms with van der Waals surface area (Å²) in [5.74, 6) is 0.141. The molecule has 2 fully saturated rings. The van der Waals surface area contributed by atoms with Gasteiger partial charge >= 0.3 is 0 Å². The molecule has 1 saturated carbocycles. The van der Waals surface area contributed by atoms with Crippen LogP contribution in [0.5, 0.6) is 23.0 Å². The lowest BCUT2D eigenvalue weighted by molar-refractivity contribution is -0.189. The first-order valence-electron chi connectivity index (χ1n) is 12.7. The number of carbonyl (C=O) groups is 1. The van der Waals surface area contributed by atoms with Crippen molar-refractivity contribution in [3.8, 4) is 23.0 Å². The zero-order chi connectivity index (χ0) is 26.7. The minimum atomic E-state index is -1.41. The van der Waals surface area contributed by atoms with Gasteiger partial charge in [-0.15, -0.1) is 0 Å². The van der Waals surface area contributed by atoms with Crippen LogP contribution in [0.1, 0.15) is 37.0 Å². The number of halogens is 1. The lowest BCUT2D eigenvalue weighted by Gasteiger charge is -2.49. The van der Waals surface area contributed by atoms with Gasteiger partial charge in [-0.05, 0) is 25.0 Å². The Labute approximate surface area is 224 Å². The number of carbonyl (C=O) groups excluding carboxylic acids is 1. The van der Waals surface area contributed by atoms with E-state index in [9.17, 15) is 9.90 Å². The molecule has 196 valence electrons. The first-order valence-corrected chi connectivity index (χ1v) is 13.0. The number of rotatable bonds is 3. The maximum atomic E-state index is 13.9. The van der Waals surface area contributed by atoms with Crippen LogP contribution in [0.2, 0.25) is 5.02 Å². The summed E-state index contributed by atoms with van der Waals surface area (Å²) in [4.78, 5) is 13.9. The number of Topliss-reactive ketones (excluding diaryl/α,β-unsaturated/α-hetero) is 1. The first kappa shape index (κ1) is 23.7. The second kappa shape index (κ2) is 7.58. The molecule has 2 heterocycles. The van der Waals surface area contributed by atoms with Crippen molar-refractivity contribution in [2.24, 2.45) is 11.8 Å². The molecule has 7 rings (SSSR count). The lowest BCUT2D eigenvalue weighted by atomic mass is 9.50. The Morgan fingerprint density at radius 1 is 1.03 bits per heavy atom. The predicted molar refractivity (Wildman–Crippen MR) is 141 cm³/mol. The fourth-order valence-corrected chi connectivity index (χ4v) is 8.14. The highest BCUT2D eigenvalue weighted by Crippen LogP contribution is 2.74. The molecule has 1 spiro atoms. The van der Waals surface area contributed by atoms with Crippen LogP contribution in [-0.4, -0.2) is 38.3 Å². The Kier molecular flexibility index (Phi) is 4.72. The van der Waals surface area contributed by atoms with Crippen molar-refractivity contribution in [3.05, 3.63) is 63.7 Å². The second-order valence-corrected chi connectivity index (χ2v) is 11.0. The van der Waals surface area contributed by atoms with Crippen molar-refractivity contribution >= 4 is 33.9 Å². The van der Waals surface area contributed by atoms with Gasteiger partial charge in [0.05, 0.1) is 49.0 Å². The van der Waals surface area contributed by atoms with Gasteiger partial charge < -0.3 is 28.8 Å². The zero-order valence-electron chi connectivity index (χ0n) is 21.7. The number of ketones is 1. The zero-order valence-corrected chi connectivity index (χ0v) is 22.4. The molecule has 1 N–H and O–H groups in total. The number of aliphatic hydroxyl groups excluding tert-OH is 1. The fraction of sp³-hybridized carbons (Fsp3) is 0.367. The van der Waals surface area contributed by atoms with Gasteiger partial charge in [0, 0.05) is 34.9 Å². The third-order valence-corrected chi connectivity index (χ3v) is 9.25. The summed E-state index contributed by atoms with van der Waals surface area (Å²) in [5, 5.41) is 13.6. The molecular weight excluding hydrogens is 508 g/mol. The van der Waals surface area contributed by atoms with Crippen molar-refractivity contribution in [3.63, 3.8) is 0 Å². The van der Waals surface area contributed by atoms with Gasteiger partial charge in [0.2, 0.25) is 0 Å². The number of aliphatic hydroxyl groups is 1. The highest BCUT2D eigenvalue weighted by atomic mass is 35.5. The molecule has 5 atom stereocenters. The maximum Gasteiger partial charge on any atom is 0.253 e. The highest BCUT2D eigenvalue weighted by Gasteiger charge is 2.79. The van der Waals surface area contributed by atoms with E-state index < -0.39 is 11.2 Å². The Hall–Kier alpha value is -3.42. The third-order valence-electron chi connectivity index (χ3n) is 8.96. The van der Waals surface area contributed by atoms with Gasteiger partial charge in [-0.2, -0.15) is 0 Å². The standard InChI is InChI=1S/C30H27ClO7/c1-13-11-19(32)25-26(33)23-16(7-6-8-20(23)34-3)30-29(25,24(13)14(2)37-30)17-10-9-15-21(35-4)12-18(31)28(36-5)22(15)27(17)38-30/h6-10,12-14,24,33H,11H2,1-5H3/t13-,14-,24-,29+,30+/m1/s1. The van der Waals surface area contributed by atoms with Crippen LogP contribution in [0.4, 0.5) is 0 Å². The fourth-order valence-electron chi connectivity index (χ4n) is 7.87. The molecule has 2 aliphatic heterocycles. The Morgan fingerprint density at radius 3 is 2.50 bits per heavy atom. The second-order valence-electron chi connectivity index (χ2n) is 10.5. The molecule has 0 unspecified atom stereocenters. The normalized spacial score (nSPS) is 30.4. The quantitative estimate of drug-likeness (QED) is 0.446. The number of benzene rings is 3. The van der Waals surface area contributed by atoms with Crippen LogP contribution >= 0.6 is 11.6 Å². The van der Waals surface area contributed by atoms with Crippen LogP contribution in [-0.2, 0) is 20.7 Å². The van der Waals surface area contributed by atoms with E-state index in [1.165, 1.54) is 7.11 Å². The minimum Gasteiger partial charge on any atom is -0.507 e. The molecule has 4 aliphatic rings. The van der Waals surface area contributed by atoms with Crippen molar-refractivity contribution in [2.45, 2.75) is 37.6 Å². The smallest absolute Gasteiger partial charge is 0.253 e. The maximum absolute atomic E-state index is 13.9. The van der Waals surface area contributed by atoms with E-state index in [1.54, 1.807) is 26.4 Å². The van der Waals surface area contributed by atoms with Crippen molar-refractivity contribution in [1.82, 2.24) is 0 Å². The van der Waals surface area contributed by atoms with Crippen molar-refractivity contribution in [1.29, 1.82) is 0 Å². The van der Waals surface area contributed by atoms with Gasteiger partial charge in [-0.3, -0.25) is 4.79 Å². The van der Waals surface area contributed by atoms with E-state index in [4.69, 9.17) is 35.3 Å². The van der Waals surface area contributed by atoms with Gasteiger partial charge in [0.15, 0.2) is 5.78 Å². The SMILES string of the molecule is COc1cccc2c1C(O)=C1C(=O)C[C@@H](C)[C@@H]3[C@@H](C)O[C@]24Oc2c(ccc5c(OC)cc(Cl)c(OC)c25)[C@@]134. The number of methoxy groups -OCH3 is 3. The lowest BCUT2D eigenvalue weighted by Crippen LogP contribution is -2.57. The molecule has 0 aromatic heterocycles. The van der Waals surface area contributed by atoms with E-state index in [0.717, 1.165) is 10.9 Å². The van der Waals surface area contributed by atoms with Gasteiger partial charge in [0.1, 0.15) is 34.2 Å². The van der Waals surface area contributed by atoms with Crippen LogP contribution < -0.4 is 18.9 Å². The van der Waals surface area contributed by atoms with E-state index in [1.807, 2.05) is 31.2 Å². The largest absolute Gasteiger partial charge is 0.507 e. The number of hydrogen-bond acceptors (Lipinski definition) is 7. The van der Waals surface area contributed by atoms with Crippen LogP contribution in [0.25, 0.3) is 16.5 Å². The molecule has 38 heavy (non-hydrogen) atoms. The van der Waals surface area contributed by atoms with E-state index in [2.05, 4.69) is 6.92 Å². The molecule has 7 nitrogen and oxygen atoms in total. The van der Waals surface area contributed by atoms with Gasteiger partial charge in [-0.25, -0.2) is 0 Å². The molecule has 1 saturated heterocycles. The summed E-state index contributed by atoms with van der Waals surface area (Å²) < 4.78 is 31.0. The average molecular weight is 535 g/mol. The Bertz CT molecular complexity index is 1610. The summed E-state index contributed by atoms with van der Waals surface area (Å²) >= 11 is 6.66. The van der Waals surface area contributed by atoms with Gasteiger partial charge in [-0.1, -0.05) is 36.7 Å². The summed E-state index contributed by atoms with van der Waals surface area (Å²) in [6.45, 7) is 4.09. The molecular formula is C30H27ClO7. The molecule has 3 aromatic carbocycles. The number of fused-ring (bicyclic) bond motifs is 4. The van der Waals surface area contributed by atoms with E-state index in [-0.39, 0.29) is 29.5 Å². The minimum absolute atomic E-state index is 0.0240. The predicted octanol–water partition coefficient (Wildman–Crippen LogP) is 5.93. The summed E-state index contributed by atoms with van der Waals surface area (Å²) in [6, 6.07) is 11.1. The van der Waals surface area contributed by atoms with E-state index in [0.29, 0.717) is 56.5 Å². The highest BCUT2D eigenvalue weighted by molar-refractivity contribution is 6.34. The van der Waals surface area contributed by atoms with Crippen LogP contribution in [0.15, 0.2) is 42.0 Å². The van der Waals surface area contributed by atoms with Gasteiger partial charge in [0.25, 0.3) is 5.79 Å². The molecule has 0 bridgehead atoms. The topological polar surface area (TPSA) is 83.5 Å². The number of hydrogen-bond donors (Lipinski definition) is 1. The molecule has 8 heteroatoms. The average Bonchev–Trinajstić information content (AvgIpc) is 3.33. The van der Waals surface area contributed by atoms with Crippen LogP contribution in [0.3, 0.4) is 0 Å².